The summed E-state index contributed by atoms with van der Waals surface area (Å²) < 4.78 is 0. The van der Waals surface area contributed by atoms with E-state index >= 15 is 0 Å². The molecule has 0 atom stereocenters. The van der Waals surface area contributed by atoms with Gasteiger partial charge in [-0.15, -0.1) is 68.1 Å². The van der Waals surface area contributed by atoms with Crippen LogP contribution in [0.5, 0.6) is 11.5 Å². The van der Waals surface area contributed by atoms with Crippen molar-refractivity contribution in [2.75, 3.05) is 0 Å². The minimum atomic E-state index is 0. The Kier molecular flexibility index (Phi) is 18.7. The van der Waals surface area contributed by atoms with Crippen molar-refractivity contribution in [3.63, 3.8) is 0 Å². The number of benzene rings is 4. The summed E-state index contributed by atoms with van der Waals surface area (Å²) in [6.07, 6.45) is 0. The zero-order chi connectivity index (χ0) is 33.1. The van der Waals surface area contributed by atoms with Gasteiger partial charge < -0.3 is 25.1 Å². The molecule has 0 aliphatic rings. The predicted molar refractivity (Wildman–Crippen MR) is 201 cm³/mol. The maximum atomic E-state index is 9.21. The van der Waals surface area contributed by atoms with E-state index in [0.29, 0.717) is 11.5 Å². The third-order valence-corrected chi connectivity index (χ3v) is 7.81. The van der Waals surface area contributed by atoms with Gasteiger partial charge in [0.05, 0.1) is 0 Å². The van der Waals surface area contributed by atoms with Crippen LogP contribution in [-0.4, -0.2) is 17.1 Å². The first-order chi connectivity index (χ1) is 20.8. The van der Waals surface area contributed by atoms with Crippen molar-refractivity contribution >= 4 is 28.4 Å². The molecule has 0 unspecified atom stereocenters. The van der Waals surface area contributed by atoms with E-state index in [9.17, 15) is 10.2 Å². The molecule has 0 aliphatic heterocycles. The van der Waals surface area contributed by atoms with E-state index in [-0.39, 0.29) is 14.9 Å². The molecular weight excluding hydrogens is 656 g/mol. The van der Waals surface area contributed by atoms with Gasteiger partial charge in [-0.25, -0.2) is 0 Å². The molecular formula is C42H52O2SiZr-4. The van der Waals surface area contributed by atoms with Gasteiger partial charge in [0.25, 0.3) is 0 Å². The number of aromatic hydroxyl groups is 2. The summed E-state index contributed by atoms with van der Waals surface area (Å²) >= 11 is 1.36. The molecule has 6 aromatic carbocycles. The summed E-state index contributed by atoms with van der Waals surface area (Å²) in [5.74, 6) is 0.829. The molecule has 0 bridgehead atoms. The molecule has 0 aliphatic carbocycles. The topological polar surface area (TPSA) is 40.5 Å². The van der Waals surface area contributed by atoms with Crippen LogP contribution >= 0.6 is 0 Å². The summed E-state index contributed by atoms with van der Waals surface area (Å²) in [6.45, 7) is 23.6. The van der Waals surface area contributed by atoms with Gasteiger partial charge in [0.1, 0.15) is 11.5 Å². The second-order valence-corrected chi connectivity index (χ2v) is 11.6. The molecule has 0 saturated heterocycles. The molecule has 2 radical (unpaired) electrons. The first-order valence-electron chi connectivity index (χ1n) is 14.8. The zero-order valence-corrected chi connectivity index (χ0v) is 33.4. The monoisotopic (exact) mass is 706 g/mol. The van der Waals surface area contributed by atoms with Gasteiger partial charge in [-0.05, 0) is 63.8 Å². The van der Waals surface area contributed by atoms with E-state index < -0.39 is 0 Å². The van der Waals surface area contributed by atoms with Crippen LogP contribution in [0.25, 0.3) is 21.5 Å². The van der Waals surface area contributed by atoms with Gasteiger partial charge >= 0.3 is 30.2 Å². The van der Waals surface area contributed by atoms with Crippen LogP contribution in [0.15, 0.2) is 84.9 Å². The molecule has 2 nitrogen and oxygen atoms in total. The Labute approximate surface area is 296 Å². The van der Waals surface area contributed by atoms with Crippen LogP contribution in [0, 0.1) is 84.1 Å². The van der Waals surface area contributed by atoms with E-state index in [0.717, 1.165) is 22.3 Å². The fourth-order valence-corrected chi connectivity index (χ4v) is 5.08. The summed E-state index contributed by atoms with van der Waals surface area (Å²) in [7, 11) is 0. The van der Waals surface area contributed by atoms with E-state index in [1.165, 1.54) is 78.3 Å². The van der Waals surface area contributed by atoms with Gasteiger partial charge in [0.2, 0.25) is 0 Å². The zero-order valence-electron chi connectivity index (χ0n) is 30.0. The van der Waals surface area contributed by atoms with E-state index in [1.807, 2.05) is 64.1 Å². The normalized spacial score (nSPS) is 9.50. The second-order valence-electron chi connectivity index (χ2n) is 11.6. The summed E-state index contributed by atoms with van der Waals surface area (Å²) in [6, 6.07) is 29.2. The fraction of sp³-hybridized carbons (Fsp3) is 0.238. The number of fused-ring (bicyclic) bond motifs is 2. The van der Waals surface area contributed by atoms with E-state index in [1.54, 1.807) is 0 Å². The number of rotatable bonds is 0. The molecule has 0 aromatic heterocycles. The number of aryl methyl sites for hydroxylation is 10. The first-order valence-corrected chi connectivity index (χ1v) is 19.0. The van der Waals surface area contributed by atoms with Crippen molar-refractivity contribution in [2.24, 2.45) is 0 Å². The summed E-state index contributed by atoms with van der Waals surface area (Å²) in [4.78, 5) is 0. The quantitative estimate of drug-likeness (QED) is 0.122. The van der Waals surface area contributed by atoms with Crippen LogP contribution in [0.1, 0.15) is 55.6 Å². The van der Waals surface area contributed by atoms with Crippen molar-refractivity contribution in [3.05, 3.63) is 155 Å². The average molecular weight is 708 g/mol. The molecule has 0 saturated carbocycles. The van der Waals surface area contributed by atoms with Crippen LogP contribution in [0.2, 0.25) is 0 Å². The SMILES string of the molecule is Cc1cc2c(C)ccc(C)c2[cH-]1.Cc1cc2c(C)ccc(C)c2[cH-]1.Cc1cccc(C)c1O.Cc1cccc(C)c1O.[CH3-].[CH3-].[Si]=[Zr]. The summed E-state index contributed by atoms with van der Waals surface area (Å²) in [5, 5.41) is 24.1. The molecule has 244 valence electrons. The molecule has 46 heavy (non-hydrogen) atoms. The van der Waals surface area contributed by atoms with Crippen LogP contribution in [-0.2, 0) is 23.3 Å². The van der Waals surface area contributed by atoms with Crippen molar-refractivity contribution in [3.8, 4) is 11.5 Å². The molecule has 0 spiro atoms. The number of hydrogen-bond acceptors (Lipinski definition) is 2. The maximum absolute atomic E-state index is 9.21. The van der Waals surface area contributed by atoms with Gasteiger partial charge in [0.15, 0.2) is 0 Å². The molecule has 6 aromatic rings. The number of phenols is 2. The Balaban J connectivity index is 0.000000573. The standard InChI is InChI=1S/2C12H13.2C8H10O.2CH3.Si.Zr/c2*1-8-6-11-9(2)4-5-10(3)12(11)7-8;2*1-6-4-3-5-7(2)8(6)9;;;;/h2*4-7H,1-3H3;2*3-5,9H,1-2H3;2*1H3;;/q2*-1;;;2*-1;;. The Morgan fingerprint density at radius 1 is 0.435 bits per heavy atom. The Bertz CT molecular complexity index is 1570. The Morgan fingerprint density at radius 2 is 0.696 bits per heavy atom. The van der Waals surface area contributed by atoms with Crippen LogP contribution < -0.4 is 0 Å². The second kappa shape index (κ2) is 20.1. The molecule has 4 heteroatoms. The van der Waals surface area contributed by atoms with E-state index in [2.05, 4.69) is 97.0 Å². The first kappa shape index (κ1) is 42.8. The van der Waals surface area contributed by atoms with Crippen molar-refractivity contribution < 1.29 is 33.5 Å². The molecule has 0 heterocycles. The van der Waals surface area contributed by atoms with E-state index in [4.69, 9.17) is 0 Å². The third-order valence-electron chi connectivity index (χ3n) is 7.81. The van der Waals surface area contributed by atoms with Crippen molar-refractivity contribution in [2.45, 2.75) is 69.2 Å². The third kappa shape index (κ3) is 11.6. The average Bonchev–Trinajstić information content (AvgIpc) is 3.60. The van der Waals surface area contributed by atoms with Gasteiger partial charge in [-0.3, -0.25) is 0 Å². The Hall–Kier alpha value is -3.20. The van der Waals surface area contributed by atoms with Crippen LogP contribution in [0.3, 0.4) is 0 Å². The Morgan fingerprint density at radius 3 is 0.935 bits per heavy atom. The van der Waals surface area contributed by atoms with Crippen molar-refractivity contribution in [1.29, 1.82) is 0 Å². The van der Waals surface area contributed by atoms with Gasteiger partial charge in [0, 0.05) is 0 Å². The number of para-hydroxylation sites is 2. The molecule has 0 fully saturated rings. The minimum absolute atomic E-state index is 0. The molecule has 0 amide bonds. The van der Waals surface area contributed by atoms with Gasteiger partial charge in [-0.2, -0.15) is 12.1 Å². The number of phenolic OH excluding ortho intramolecular Hbond substituents is 2. The fourth-order valence-electron chi connectivity index (χ4n) is 5.08. The molecule has 2 N–H and O–H groups in total. The van der Waals surface area contributed by atoms with Crippen LogP contribution in [0.4, 0.5) is 0 Å². The number of hydrogen-bond donors (Lipinski definition) is 2. The van der Waals surface area contributed by atoms with Crippen molar-refractivity contribution in [1.82, 2.24) is 0 Å². The molecule has 6 rings (SSSR count). The predicted octanol–water partition coefficient (Wildman–Crippen LogP) is 11.5. The summed E-state index contributed by atoms with van der Waals surface area (Å²) in [5.41, 5.74) is 12.0. The van der Waals surface area contributed by atoms with Gasteiger partial charge in [-0.1, -0.05) is 87.4 Å².